The zero-order chi connectivity index (χ0) is 8.81. The predicted molar refractivity (Wildman–Crippen MR) is 43.2 cm³/mol. The van der Waals surface area contributed by atoms with E-state index in [1.807, 2.05) is 0 Å². The summed E-state index contributed by atoms with van der Waals surface area (Å²) in [6, 6.07) is 0. The van der Waals surface area contributed by atoms with Gasteiger partial charge in [0.1, 0.15) is 0 Å². The van der Waals surface area contributed by atoms with E-state index in [2.05, 4.69) is 0 Å². The van der Waals surface area contributed by atoms with Gasteiger partial charge >= 0.3 is 0 Å². The Labute approximate surface area is 72.1 Å². The van der Waals surface area contributed by atoms with Crippen LogP contribution in [-0.4, -0.2) is 35.8 Å². The van der Waals surface area contributed by atoms with E-state index in [1.54, 1.807) is 0 Å². The second-order valence-electron chi connectivity index (χ2n) is 2.86. The summed E-state index contributed by atoms with van der Waals surface area (Å²) in [6.45, 7) is 1.54. The number of carbonyl (C=O) groups excluding carboxylic acids is 1. The van der Waals surface area contributed by atoms with Crippen LogP contribution in [0.15, 0.2) is 0 Å². The summed E-state index contributed by atoms with van der Waals surface area (Å²) in [6.07, 6.45) is 2.86. The highest BCUT2D eigenvalue weighted by Crippen LogP contribution is 2.07. The van der Waals surface area contributed by atoms with Crippen molar-refractivity contribution in [2.45, 2.75) is 25.7 Å². The molecule has 1 heterocycles. The molecule has 12 heavy (non-hydrogen) atoms. The molecule has 0 saturated carbocycles. The van der Waals surface area contributed by atoms with Crippen LogP contribution in [-0.2, 0) is 9.63 Å². The maximum absolute atomic E-state index is 11.2. The highest BCUT2D eigenvalue weighted by atomic mass is 16.7. The number of hydroxylamine groups is 2. The van der Waals surface area contributed by atoms with Crippen molar-refractivity contribution in [2.24, 2.45) is 0 Å². The Morgan fingerprint density at radius 1 is 1.50 bits per heavy atom. The number of aliphatic hydroxyl groups is 1. The number of hydrogen-bond donors (Lipinski definition) is 1. The zero-order valence-corrected chi connectivity index (χ0v) is 7.16. The quantitative estimate of drug-likeness (QED) is 0.622. The Morgan fingerprint density at radius 2 is 2.33 bits per heavy atom. The third-order valence-corrected chi connectivity index (χ3v) is 1.83. The van der Waals surface area contributed by atoms with Gasteiger partial charge in [-0.15, -0.1) is 0 Å². The lowest BCUT2D eigenvalue weighted by Crippen LogP contribution is -2.26. The van der Waals surface area contributed by atoms with Gasteiger partial charge in [-0.3, -0.25) is 9.63 Å². The minimum absolute atomic E-state index is 0.0425. The number of carbonyl (C=O) groups is 1. The summed E-state index contributed by atoms with van der Waals surface area (Å²) >= 11 is 0. The molecular formula is C8H15NO3. The van der Waals surface area contributed by atoms with Gasteiger partial charge < -0.3 is 5.11 Å². The fourth-order valence-electron chi connectivity index (χ4n) is 1.16. The number of aliphatic hydroxyl groups excluding tert-OH is 1. The molecule has 1 saturated heterocycles. The third-order valence-electron chi connectivity index (χ3n) is 1.83. The summed E-state index contributed by atoms with van der Waals surface area (Å²) < 4.78 is 0. The van der Waals surface area contributed by atoms with Gasteiger partial charge in [-0.25, -0.2) is 5.06 Å². The lowest BCUT2D eigenvalue weighted by molar-refractivity contribution is -0.168. The van der Waals surface area contributed by atoms with E-state index in [4.69, 9.17) is 9.94 Å². The molecule has 4 heteroatoms. The first-order valence-corrected chi connectivity index (χ1v) is 4.38. The Hall–Kier alpha value is -0.610. The van der Waals surface area contributed by atoms with E-state index in [0.29, 0.717) is 19.4 Å². The molecule has 0 aromatic carbocycles. The van der Waals surface area contributed by atoms with E-state index < -0.39 is 0 Å². The molecule has 0 unspecified atom stereocenters. The molecular weight excluding hydrogens is 158 g/mol. The molecule has 1 rings (SSSR count). The molecule has 1 amide bonds. The highest BCUT2D eigenvalue weighted by Gasteiger charge is 2.17. The van der Waals surface area contributed by atoms with Gasteiger partial charge in [0.2, 0.25) is 5.91 Å². The number of hydrogen-bond acceptors (Lipinski definition) is 3. The molecule has 70 valence electrons. The van der Waals surface area contributed by atoms with Gasteiger partial charge in [0.15, 0.2) is 0 Å². The van der Waals surface area contributed by atoms with Crippen molar-refractivity contribution in [3.8, 4) is 0 Å². The van der Waals surface area contributed by atoms with Gasteiger partial charge in [-0.1, -0.05) is 0 Å². The second-order valence-corrected chi connectivity index (χ2v) is 2.86. The van der Waals surface area contributed by atoms with Gasteiger partial charge in [0.25, 0.3) is 0 Å². The molecule has 0 aromatic rings. The number of unbranched alkanes of at least 4 members (excludes halogenated alkanes) is 1. The second kappa shape index (κ2) is 5.11. The molecule has 1 aliphatic rings. The van der Waals surface area contributed by atoms with Crippen LogP contribution in [0.2, 0.25) is 0 Å². The monoisotopic (exact) mass is 173 g/mol. The van der Waals surface area contributed by atoms with E-state index in [0.717, 1.165) is 19.4 Å². The minimum Gasteiger partial charge on any atom is -0.396 e. The maximum atomic E-state index is 11.2. The molecule has 4 nitrogen and oxygen atoms in total. The fourth-order valence-corrected chi connectivity index (χ4v) is 1.16. The van der Waals surface area contributed by atoms with E-state index in [1.165, 1.54) is 5.06 Å². The largest absolute Gasteiger partial charge is 0.396 e. The first-order valence-electron chi connectivity index (χ1n) is 4.38. The number of nitrogens with zero attached hydrogens (tertiary/aromatic N) is 1. The first-order chi connectivity index (χ1) is 5.84. The molecule has 0 spiro atoms. The fraction of sp³-hybridized carbons (Fsp3) is 0.875. The normalized spacial score (nSPS) is 16.9. The Bertz CT molecular complexity index is 143. The van der Waals surface area contributed by atoms with Gasteiger partial charge in [-0.2, -0.15) is 0 Å². The summed E-state index contributed by atoms with van der Waals surface area (Å²) in [7, 11) is 0. The first kappa shape index (κ1) is 9.48. The van der Waals surface area contributed by atoms with Crippen LogP contribution in [0.5, 0.6) is 0 Å². The molecule has 1 aliphatic heterocycles. The Morgan fingerprint density at radius 3 is 2.92 bits per heavy atom. The van der Waals surface area contributed by atoms with Crippen LogP contribution in [0.25, 0.3) is 0 Å². The van der Waals surface area contributed by atoms with Crippen molar-refractivity contribution in [1.82, 2.24) is 5.06 Å². The Balaban J connectivity index is 2.10. The number of rotatable bonds is 4. The predicted octanol–water partition coefficient (Wildman–Crippen LogP) is 0.313. The summed E-state index contributed by atoms with van der Waals surface area (Å²) in [4.78, 5) is 16.3. The van der Waals surface area contributed by atoms with Gasteiger partial charge in [0, 0.05) is 13.0 Å². The van der Waals surface area contributed by atoms with Crippen molar-refractivity contribution in [2.75, 3.05) is 19.8 Å². The molecule has 1 N–H and O–H groups in total. The van der Waals surface area contributed by atoms with Crippen LogP contribution in [0.4, 0.5) is 0 Å². The van der Waals surface area contributed by atoms with E-state index in [9.17, 15) is 4.79 Å². The van der Waals surface area contributed by atoms with Crippen LogP contribution < -0.4 is 0 Å². The lowest BCUT2D eigenvalue weighted by atomic mass is 10.2. The van der Waals surface area contributed by atoms with Crippen LogP contribution in [0, 0.1) is 0 Å². The van der Waals surface area contributed by atoms with Gasteiger partial charge in [0.05, 0.1) is 13.2 Å². The third kappa shape index (κ3) is 2.79. The van der Waals surface area contributed by atoms with Crippen LogP contribution in [0.1, 0.15) is 25.7 Å². The average Bonchev–Trinajstić information content (AvgIpc) is 2.56. The SMILES string of the molecule is O=C(CCCCO)N1CCCO1. The minimum atomic E-state index is 0.0425. The highest BCUT2D eigenvalue weighted by molar-refractivity contribution is 5.75. The van der Waals surface area contributed by atoms with Crippen LogP contribution in [0.3, 0.4) is 0 Å². The standard InChI is InChI=1S/C8H15NO3/c10-6-2-1-4-8(11)9-5-3-7-12-9/h10H,1-7H2. The van der Waals surface area contributed by atoms with E-state index >= 15 is 0 Å². The van der Waals surface area contributed by atoms with Gasteiger partial charge in [-0.05, 0) is 19.3 Å². The lowest BCUT2D eigenvalue weighted by Gasteiger charge is -2.12. The maximum Gasteiger partial charge on any atom is 0.246 e. The zero-order valence-electron chi connectivity index (χ0n) is 7.16. The average molecular weight is 173 g/mol. The van der Waals surface area contributed by atoms with E-state index in [-0.39, 0.29) is 12.5 Å². The van der Waals surface area contributed by atoms with Crippen molar-refractivity contribution >= 4 is 5.91 Å². The Kier molecular flexibility index (Phi) is 4.04. The number of amides is 1. The molecule has 0 atom stereocenters. The summed E-state index contributed by atoms with van der Waals surface area (Å²) in [5, 5.41) is 9.92. The van der Waals surface area contributed by atoms with Crippen molar-refractivity contribution in [3.63, 3.8) is 0 Å². The molecule has 1 fully saturated rings. The summed E-state index contributed by atoms with van der Waals surface area (Å²) in [5.41, 5.74) is 0. The van der Waals surface area contributed by atoms with Crippen molar-refractivity contribution in [3.05, 3.63) is 0 Å². The topological polar surface area (TPSA) is 49.8 Å². The molecule has 0 aromatic heterocycles. The van der Waals surface area contributed by atoms with Crippen molar-refractivity contribution < 1.29 is 14.7 Å². The molecule has 0 bridgehead atoms. The summed E-state index contributed by atoms with van der Waals surface area (Å²) in [5.74, 6) is 0.0425. The molecule has 0 aliphatic carbocycles. The van der Waals surface area contributed by atoms with Crippen molar-refractivity contribution in [1.29, 1.82) is 0 Å². The smallest absolute Gasteiger partial charge is 0.246 e. The molecule has 0 radical (unpaired) electrons. The van der Waals surface area contributed by atoms with Crippen LogP contribution >= 0.6 is 0 Å².